The summed E-state index contributed by atoms with van der Waals surface area (Å²) in [5, 5.41) is 18.9. The molecule has 2 rings (SSSR count). The third-order valence-corrected chi connectivity index (χ3v) is 3.83. The van der Waals surface area contributed by atoms with Gasteiger partial charge < -0.3 is 14.9 Å². The van der Waals surface area contributed by atoms with Gasteiger partial charge in [-0.2, -0.15) is 0 Å². The molecule has 0 aliphatic rings. The molecule has 0 saturated carbocycles. The number of phenols is 2. The highest BCUT2D eigenvalue weighted by molar-refractivity contribution is 5.80. The molecule has 0 heterocycles. The number of rotatable bonds is 7. The summed E-state index contributed by atoms with van der Waals surface area (Å²) in [4.78, 5) is 12.4. The minimum atomic E-state index is -1.14. The van der Waals surface area contributed by atoms with Gasteiger partial charge in [-0.3, -0.25) is 5.84 Å². The molecule has 2 aromatic carbocycles. The second-order valence-electron chi connectivity index (χ2n) is 5.85. The van der Waals surface area contributed by atoms with Gasteiger partial charge in [0.2, 0.25) is 0 Å². The first-order chi connectivity index (χ1) is 11.4. The normalized spacial score (nSPS) is 13.2. The van der Waals surface area contributed by atoms with Crippen molar-refractivity contribution in [2.24, 2.45) is 5.84 Å². The van der Waals surface area contributed by atoms with Crippen molar-refractivity contribution < 1.29 is 19.7 Å². The summed E-state index contributed by atoms with van der Waals surface area (Å²) >= 11 is 0. The fourth-order valence-corrected chi connectivity index (χ4v) is 2.33. The number of hydrogen-bond acceptors (Lipinski definition) is 6. The lowest BCUT2D eigenvalue weighted by Crippen LogP contribution is -2.55. The standard InChI is InChI=1S/C18H22N2O4/c1-18(20-19,12-14-7-8-15(21)16(22)11-14)17(23)24-10-9-13-5-3-2-4-6-13/h2-8,11,20-22H,9-10,12,19H2,1H3. The van der Waals surface area contributed by atoms with Crippen molar-refractivity contribution in [2.75, 3.05) is 6.61 Å². The third-order valence-electron chi connectivity index (χ3n) is 3.83. The Morgan fingerprint density at radius 2 is 1.83 bits per heavy atom. The maximum absolute atomic E-state index is 12.4. The lowest BCUT2D eigenvalue weighted by Gasteiger charge is -2.26. The molecule has 0 aliphatic carbocycles. The minimum Gasteiger partial charge on any atom is -0.504 e. The summed E-state index contributed by atoms with van der Waals surface area (Å²) in [5.74, 6) is 4.60. The highest BCUT2D eigenvalue weighted by Crippen LogP contribution is 2.27. The lowest BCUT2D eigenvalue weighted by atomic mass is 9.93. The topological polar surface area (TPSA) is 105 Å². The van der Waals surface area contributed by atoms with E-state index >= 15 is 0 Å². The fourth-order valence-electron chi connectivity index (χ4n) is 2.33. The van der Waals surface area contributed by atoms with Gasteiger partial charge in [0.25, 0.3) is 0 Å². The Balaban J connectivity index is 1.96. The largest absolute Gasteiger partial charge is 0.504 e. The van der Waals surface area contributed by atoms with E-state index in [4.69, 9.17) is 10.6 Å². The van der Waals surface area contributed by atoms with Crippen LogP contribution in [-0.2, 0) is 22.4 Å². The van der Waals surface area contributed by atoms with Crippen molar-refractivity contribution >= 4 is 5.97 Å². The monoisotopic (exact) mass is 330 g/mol. The summed E-state index contributed by atoms with van der Waals surface area (Å²) in [6, 6.07) is 14.1. The van der Waals surface area contributed by atoms with Gasteiger partial charge in [0.1, 0.15) is 5.54 Å². The van der Waals surface area contributed by atoms with Crippen LogP contribution < -0.4 is 11.3 Å². The van der Waals surface area contributed by atoms with Gasteiger partial charge in [0, 0.05) is 12.8 Å². The molecule has 24 heavy (non-hydrogen) atoms. The van der Waals surface area contributed by atoms with Gasteiger partial charge in [-0.1, -0.05) is 36.4 Å². The SMILES string of the molecule is CC(Cc1ccc(O)c(O)c1)(NN)C(=O)OCCc1ccccc1. The number of aromatic hydroxyl groups is 2. The summed E-state index contributed by atoms with van der Waals surface area (Å²) in [6.45, 7) is 1.88. The molecule has 0 radical (unpaired) electrons. The minimum absolute atomic E-state index is 0.210. The summed E-state index contributed by atoms with van der Waals surface area (Å²) < 4.78 is 5.33. The first-order valence-electron chi connectivity index (χ1n) is 7.64. The van der Waals surface area contributed by atoms with Crippen molar-refractivity contribution in [1.82, 2.24) is 5.43 Å². The van der Waals surface area contributed by atoms with E-state index in [9.17, 15) is 15.0 Å². The number of carbonyl (C=O) groups excluding carboxylic acids is 1. The number of carbonyl (C=O) groups is 1. The Hall–Kier alpha value is -2.57. The Labute approximate surface area is 140 Å². The summed E-state index contributed by atoms with van der Waals surface area (Å²) in [6.07, 6.45) is 0.828. The predicted octanol–water partition coefficient (Wildman–Crippen LogP) is 1.65. The van der Waals surface area contributed by atoms with Crippen LogP contribution in [0.15, 0.2) is 48.5 Å². The van der Waals surface area contributed by atoms with E-state index in [-0.39, 0.29) is 24.5 Å². The van der Waals surface area contributed by atoms with E-state index in [1.807, 2.05) is 30.3 Å². The Kier molecular flexibility index (Phi) is 5.78. The molecule has 0 spiro atoms. The van der Waals surface area contributed by atoms with E-state index in [0.29, 0.717) is 12.0 Å². The average molecular weight is 330 g/mol. The molecule has 1 atom stereocenters. The van der Waals surface area contributed by atoms with E-state index in [1.54, 1.807) is 13.0 Å². The molecule has 0 aliphatic heterocycles. The second kappa shape index (κ2) is 7.81. The second-order valence-corrected chi connectivity index (χ2v) is 5.85. The molecule has 128 valence electrons. The molecule has 0 aromatic heterocycles. The molecule has 0 saturated heterocycles. The molecule has 5 N–H and O–H groups in total. The van der Waals surface area contributed by atoms with Gasteiger partial charge in [-0.15, -0.1) is 0 Å². The Morgan fingerprint density at radius 3 is 2.46 bits per heavy atom. The van der Waals surface area contributed by atoms with Crippen molar-refractivity contribution in [3.8, 4) is 11.5 Å². The van der Waals surface area contributed by atoms with Crippen LogP contribution in [0.3, 0.4) is 0 Å². The van der Waals surface area contributed by atoms with Crippen LogP contribution in [-0.4, -0.2) is 28.3 Å². The molecule has 6 heteroatoms. The van der Waals surface area contributed by atoms with Crippen LogP contribution in [0.5, 0.6) is 11.5 Å². The van der Waals surface area contributed by atoms with Gasteiger partial charge in [-0.25, -0.2) is 10.2 Å². The van der Waals surface area contributed by atoms with Crippen LogP contribution >= 0.6 is 0 Å². The summed E-state index contributed by atoms with van der Waals surface area (Å²) in [7, 11) is 0. The number of phenolic OH excluding ortho intramolecular Hbond substituents is 2. The molecule has 0 bridgehead atoms. The first kappa shape index (κ1) is 17.8. The summed E-state index contributed by atoms with van der Waals surface area (Å²) in [5.41, 5.74) is 3.08. The molecule has 6 nitrogen and oxygen atoms in total. The van der Waals surface area contributed by atoms with Crippen LogP contribution in [0.2, 0.25) is 0 Å². The van der Waals surface area contributed by atoms with Crippen molar-refractivity contribution in [1.29, 1.82) is 0 Å². The van der Waals surface area contributed by atoms with Crippen molar-refractivity contribution in [2.45, 2.75) is 25.3 Å². The van der Waals surface area contributed by atoms with Crippen LogP contribution in [0.25, 0.3) is 0 Å². The van der Waals surface area contributed by atoms with Crippen LogP contribution in [0, 0.1) is 0 Å². The van der Waals surface area contributed by atoms with Gasteiger partial charge >= 0.3 is 5.97 Å². The molecule has 1 unspecified atom stereocenters. The zero-order chi connectivity index (χ0) is 17.6. The lowest BCUT2D eigenvalue weighted by molar-refractivity contribution is -0.151. The Bertz CT molecular complexity index is 691. The van der Waals surface area contributed by atoms with Crippen LogP contribution in [0.4, 0.5) is 0 Å². The maximum Gasteiger partial charge on any atom is 0.327 e. The van der Waals surface area contributed by atoms with E-state index in [1.165, 1.54) is 12.1 Å². The van der Waals surface area contributed by atoms with Crippen molar-refractivity contribution in [3.63, 3.8) is 0 Å². The highest BCUT2D eigenvalue weighted by Gasteiger charge is 2.34. The number of nitrogens with one attached hydrogen (secondary N) is 1. The van der Waals surface area contributed by atoms with Crippen molar-refractivity contribution in [3.05, 3.63) is 59.7 Å². The van der Waals surface area contributed by atoms with Crippen LogP contribution in [0.1, 0.15) is 18.1 Å². The van der Waals surface area contributed by atoms with Gasteiger partial charge in [0.15, 0.2) is 11.5 Å². The van der Waals surface area contributed by atoms with E-state index in [0.717, 1.165) is 5.56 Å². The zero-order valence-electron chi connectivity index (χ0n) is 13.5. The number of esters is 1. The molecule has 0 amide bonds. The molecular formula is C18H22N2O4. The predicted molar refractivity (Wildman–Crippen MR) is 90.3 cm³/mol. The quantitative estimate of drug-likeness (QED) is 0.266. The number of hydrogen-bond donors (Lipinski definition) is 4. The first-order valence-corrected chi connectivity index (χ1v) is 7.64. The van der Waals surface area contributed by atoms with E-state index < -0.39 is 11.5 Å². The number of hydrazine groups is 1. The molecule has 0 fully saturated rings. The zero-order valence-corrected chi connectivity index (χ0v) is 13.5. The van der Waals surface area contributed by atoms with Gasteiger partial charge in [0.05, 0.1) is 6.61 Å². The number of ether oxygens (including phenoxy) is 1. The Morgan fingerprint density at radius 1 is 1.12 bits per heavy atom. The number of benzene rings is 2. The fraction of sp³-hybridized carbons (Fsp3) is 0.278. The average Bonchev–Trinajstić information content (AvgIpc) is 2.59. The molecule has 2 aromatic rings. The highest BCUT2D eigenvalue weighted by atomic mass is 16.5. The maximum atomic E-state index is 12.4. The molecular weight excluding hydrogens is 308 g/mol. The third kappa shape index (κ3) is 4.47. The van der Waals surface area contributed by atoms with E-state index in [2.05, 4.69) is 5.43 Å². The van der Waals surface area contributed by atoms with Gasteiger partial charge in [-0.05, 0) is 30.2 Å². The smallest absolute Gasteiger partial charge is 0.327 e. The number of nitrogens with two attached hydrogens (primary N) is 1.